The topological polar surface area (TPSA) is 37.3 Å². The van der Waals surface area contributed by atoms with Crippen LogP contribution < -0.4 is 0 Å². The summed E-state index contributed by atoms with van der Waals surface area (Å²) in [6, 6.07) is 4.55. The number of rotatable bonds is 5. The second-order valence-electron chi connectivity index (χ2n) is 4.91. The molecule has 1 rings (SSSR count). The van der Waals surface area contributed by atoms with Gasteiger partial charge in [-0.05, 0) is 37.0 Å². The van der Waals surface area contributed by atoms with Gasteiger partial charge < -0.3 is 5.11 Å². The summed E-state index contributed by atoms with van der Waals surface area (Å²) in [4.78, 5) is 10.5. The van der Waals surface area contributed by atoms with Gasteiger partial charge in [0.2, 0.25) is 0 Å². The normalized spacial score (nSPS) is 13.4. The summed E-state index contributed by atoms with van der Waals surface area (Å²) >= 11 is 0. The molecule has 0 aliphatic rings. The number of carbonyl (C=O) groups is 1. The molecule has 0 spiro atoms. The zero-order valence-corrected chi connectivity index (χ0v) is 10.8. The van der Waals surface area contributed by atoms with Gasteiger partial charge in [-0.25, -0.2) is 8.78 Å². The van der Waals surface area contributed by atoms with E-state index in [4.69, 9.17) is 5.11 Å². The molecule has 2 nitrogen and oxygen atoms in total. The van der Waals surface area contributed by atoms with Crippen LogP contribution in [0.3, 0.4) is 0 Å². The van der Waals surface area contributed by atoms with E-state index >= 15 is 0 Å². The number of carboxylic acids is 1. The lowest BCUT2D eigenvalue weighted by molar-refractivity contribution is -0.138. The van der Waals surface area contributed by atoms with Crippen molar-refractivity contribution >= 4 is 5.97 Å². The molecule has 0 fully saturated rings. The minimum absolute atomic E-state index is 0.0390. The third kappa shape index (κ3) is 3.79. The van der Waals surface area contributed by atoms with Crippen LogP contribution in [0.1, 0.15) is 36.5 Å². The molecule has 4 heteroatoms. The van der Waals surface area contributed by atoms with Gasteiger partial charge >= 0.3 is 5.97 Å². The average molecular weight is 256 g/mol. The minimum Gasteiger partial charge on any atom is -0.481 e. The molecule has 0 amide bonds. The third-order valence-corrected chi connectivity index (χ3v) is 3.06. The molecular formula is C14H18F2O2. The van der Waals surface area contributed by atoms with Crippen LogP contribution in [0.25, 0.3) is 0 Å². The molecule has 0 radical (unpaired) electrons. The highest BCUT2D eigenvalue weighted by Crippen LogP contribution is 2.36. The Kier molecular flexibility index (Phi) is 4.43. The minimum atomic E-state index is -2.98. The van der Waals surface area contributed by atoms with Crippen LogP contribution in [0.15, 0.2) is 18.2 Å². The summed E-state index contributed by atoms with van der Waals surface area (Å²) < 4.78 is 28.0. The summed E-state index contributed by atoms with van der Waals surface area (Å²) in [5.74, 6) is -4.58. The number of hydrogen-bond acceptors (Lipinski definition) is 1. The van der Waals surface area contributed by atoms with E-state index in [1.54, 1.807) is 13.0 Å². The molecule has 0 aromatic heterocycles. The standard InChI is InChI=1S/C14H18F2O2/c1-9(6-13(17)18)8-14(15,16)12-5-4-10(2)11(3)7-12/h4-5,7,9H,6,8H2,1-3H3,(H,17,18). The van der Waals surface area contributed by atoms with Crippen molar-refractivity contribution in [3.05, 3.63) is 34.9 Å². The molecule has 100 valence electrons. The van der Waals surface area contributed by atoms with Gasteiger partial charge in [0.15, 0.2) is 0 Å². The van der Waals surface area contributed by atoms with Crippen molar-refractivity contribution in [3.63, 3.8) is 0 Å². The third-order valence-electron chi connectivity index (χ3n) is 3.06. The Morgan fingerprint density at radius 3 is 2.44 bits per heavy atom. The summed E-state index contributed by atoms with van der Waals surface area (Å²) in [5.41, 5.74) is 1.74. The van der Waals surface area contributed by atoms with Gasteiger partial charge in [0.05, 0.1) is 0 Å². The fourth-order valence-electron chi connectivity index (χ4n) is 1.89. The van der Waals surface area contributed by atoms with E-state index in [9.17, 15) is 13.6 Å². The molecule has 0 heterocycles. The Balaban J connectivity index is 2.84. The van der Waals surface area contributed by atoms with Crippen molar-refractivity contribution in [3.8, 4) is 0 Å². The van der Waals surface area contributed by atoms with Crippen LogP contribution in [-0.2, 0) is 10.7 Å². The highest BCUT2D eigenvalue weighted by Gasteiger charge is 2.34. The van der Waals surface area contributed by atoms with E-state index in [0.717, 1.165) is 11.1 Å². The zero-order chi connectivity index (χ0) is 13.9. The lowest BCUT2D eigenvalue weighted by Crippen LogP contribution is -2.19. The SMILES string of the molecule is Cc1ccc(C(F)(F)CC(C)CC(=O)O)cc1C. The molecule has 1 unspecified atom stereocenters. The van der Waals surface area contributed by atoms with Crippen molar-refractivity contribution < 1.29 is 18.7 Å². The number of halogens is 2. The zero-order valence-electron chi connectivity index (χ0n) is 10.8. The Hall–Kier alpha value is -1.45. The predicted octanol–water partition coefficient (Wildman–Crippen LogP) is 3.90. The summed E-state index contributed by atoms with van der Waals surface area (Å²) in [6.45, 7) is 5.18. The fourth-order valence-corrected chi connectivity index (χ4v) is 1.89. The second-order valence-corrected chi connectivity index (χ2v) is 4.91. The van der Waals surface area contributed by atoms with Crippen molar-refractivity contribution in [1.82, 2.24) is 0 Å². The van der Waals surface area contributed by atoms with Crippen LogP contribution in [-0.4, -0.2) is 11.1 Å². The van der Waals surface area contributed by atoms with Gasteiger partial charge in [-0.15, -0.1) is 0 Å². The Labute approximate surface area is 106 Å². The van der Waals surface area contributed by atoms with E-state index in [1.165, 1.54) is 19.1 Å². The molecule has 0 saturated heterocycles. The maximum Gasteiger partial charge on any atom is 0.303 e. The summed E-state index contributed by atoms with van der Waals surface area (Å²) in [5, 5.41) is 8.59. The molecule has 0 aliphatic carbocycles. The molecular weight excluding hydrogens is 238 g/mol. The molecule has 0 saturated carbocycles. The number of hydrogen-bond donors (Lipinski definition) is 1. The van der Waals surface area contributed by atoms with Crippen LogP contribution in [0.2, 0.25) is 0 Å². The number of carboxylic acid groups (broad SMARTS) is 1. The number of aliphatic carboxylic acids is 1. The van der Waals surface area contributed by atoms with E-state index in [0.29, 0.717) is 0 Å². The Morgan fingerprint density at radius 2 is 1.94 bits per heavy atom. The predicted molar refractivity (Wildman–Crippen MR) is 65.8 cm³/mol. The first-order valence-electron chi connectivity index (χ1n) is 5.89. The smallest absolute Gasteiger partial charge is 0.303 e. The van der Waals surface area contributed by atoms with Gasteiger partial charge in [0.1, 0.15) is 0 Å². The van der Waals surface area contributed by atoms with E-state index in [1.807, 2.05) is 6.92 Å². The van der Waals surface area contributed by atoms with Crippen LogP contribution in [0, 0.1) is 19.8 Å². The Bertz CT molecular complexity index is 441. The molecule has 18 heavy (non-hydrogen) atoms. The first kappa shape index (κ1) is 14.6. The monoisotopic (exact) mass is 256 g/mol. The van der Waals surface area contributed by atoms with Gasteiger partial charge in [0, 0.05) is 18.4 Å². The van der Waals surface area contributed by atoms with E-state index < -0.39 is 24.2 Å². The highest BCUT2D eigenvalue weighted by molar-refractivity contribution is 5.66. The van der Waals surface area contributed by atoms with Crippen LogP contribution >= 0.6 is 0 Å². The number of benzene rings is 1. The lowest BCUT2D eigenvalue weighted by atomic mass is 9.93. The van der Waals surface area contributed by atoms with Gasteiger partial charge in [-0.1, -0.05) is 19.1 Å². The van der Waals surface area contributed by atoms with Crippen molar-refractivity contribution in [1.29, 1.82) is 0 Å². The summed E-state index contributed by atoms with van der Waals surface area (Å²) in [6.07, 6.45) is -0.678. The molecule has 1 N–H and O–H groups in total. The largest absolute Gasteiger partial charge is 0.481 e. The first-order chi connectivity index (χ1) is 8.22. The maximum atomic E-state index is 14.0. The second kappa shape index (κ2) is 5.46. The lowest BCUT2D eigenvalue weighted by Gasteiger charge is -2.21. The molecule has 1 aromatic rings. The van der Waals surface area contributed by atoms with Gasteiger partial charge in [0.25, 0.3) is 5.92 Å². The number of alkyl halides is 2. The highest BCUT2D eigenvalue weighted by atomic mass is 19.3. The van der Waals surface area contributed by atoms with Crippen molar-refractivity contribution in [2.24, 2.45) is 5.92 Å². The Morgan fingerprint density at radius 1 is 1.33 bits per heavy atom. The molecule has 1 atom stereocenters. The van der Waals surface area contributed by atoms with Crippen LogP contribution in [0.5, 0.6) is 0 Å². The quantitative estimate of drug-likeness (QED) is 0.867. The molecule has 1 aromatic carbocycles. The summed E-state index contributed by atoms with van der Waals surface area (Å²) in [7, 11) is 0. The van der Waals surface area contributed by atoms with Crippen molar-refractivity contribution in [2.75, 3.05) is 0 Å². The van der Waals surface area contributed by atoms with Gasteiger partial charge in [-0.2, -0.15) is 0 Å². The van der Waals surface area contributed by atoms with Crippen LogP contribution in [0.4, 0.5) is 8.78 Å². The van der Waals surface area contributed by atoms with Gasteiger partial charge in [-0.3, -0.25) is 4.79 Å². The molecule has 0 aliphatic heterocycles. The molecule has 0 bridgehead atoms. The van der Waals surface area contributed by atoms with Crippen molar-refractivity contribution in [2.45, 2.75) is 39.5 Å². The van der Waals surface area contributed by atoms with E-state index in [2.05, 4.69) is 0 Å². The average Bonchev–Trinajstić information content (AvgIpc) is 2.19. The maximum absolute atomic E-state index is 14.0. The van der Waals surface area contributed by atoms with E-state index in [-0.39, 0.29) is 12.0 Å². The first-order valence-corrected chi connectivity index (χ1v) is 5.89. The fraction of sp³-hybridized carbons (Fsp3) is 0.500. The number of aryl methyl sites for hydroxylation is 2.